The number of unbranched alkanes of at least 4 members (excludes halogenated alkanes) is 1. The van der Waals surface area contributed by atoms with Crippen LogP contribution in [-0.2, 0) is 11.3 Å². The summed E-state index contributed by atoms with van der Waals surface area (Å²) in [5.74, 6) is 0.0555. The number of nitrogens with one attached hydrogen (secondary N) is 2. The summed E-state index contributed by atoms with van der Waals surface area (Å²) in [6.07, 6.45) is 4.84. The number of carbonyl (C=O) groups excluding carboxylic acids is 1. The van der Waals surface area contributed by atoms with E-state index in [1.165, 1.54) is 11.8 Å². The van der Waals surface area contributed by atoms with Crippen molar-refractivity contribution in [1.82, 2.24) is 20.1 Å². The van der Waals surface area contributed by atoms with Gasteiger partial charge in [-0.05, 0) is 19.3 Å². The lowest BCUT2D eigenvalue weighted by molar-refractivity contribution is -0.120. The van der Waals surface area contributed by atoms with Gasteiger partial charge in [0.15, 0.2) is 5.16 Å². The van der Waals surface area contributed by atoms with Crippen molar-refractivity contribution >= 4 is 17.7 Å². The molecule has 1 fully saturated rings. The molecule has 1 aromatic rings. The van der Waals surface area contributed by atoms with Crippen LogP contribution in [0.25, 0.3) is 0 Å². The molecule has 1 atom stereocenters. The summed E-state index contributed by atoms with van der Waals surface area (Å²) in [6.45, 7) is 3.48. The van der Waals surface area contributed by atoms with Gasteiger partial charge in [0.05, 0.1) is 5.25 Å². The molecule has 6 nitrogen and oxygen atoms in total. The average Bonchev–Trinajstić information content (AvgIpc) is 2.61. The first-order valence-corrected chi connectivity index (χ1v) is 7.70. The molecule has 1 aliphatic rings. The fourth-order valence-electron chi connectivity index (χ4n) is 2.06. The molecule has 7 heteroatoms. The molecule has 19 heavy (non-hydrogen) atoms. The Bertz CT molecular complexity index is 482. The highest BCUT2D eigenvalue weighted by molar-refractivity contribution is 8.00. The Morgan fingerprint density at radius 3 is 3.05 bits per heavy atom. The van der Waals surface area contributed by atoms with Gasteiger partial charge in [0.2, 0.25) is 5.91 Å². The summed E-state index contributed by atoms with van der Waals surface area (Å²) < 4.78 is 1.63. The van der Waals surface area contributed by atoms with Crippen LogP contribution in [0.15, 0.2) is 9.95 Å². The van der Waals surface area contributed by atoms with Crippen molar-refractivity contribution in [3.63, 3.8) is 0 Å². The maximum atomic E-state index is 11.9. The summed E-state index contributed by atoms with van der Waals surface area (Å²) >= 11 is 1.39. The van der Waals surface area contributed by atoms with Gasteiger partial charge in [0, 0.05) is 13.1 Å². The Labute approximate surface area is 116 Å². The molecule has 1 saturated heterocycles. The zero-order valence-electron chi connectivity index (χ0n) is 11.1. The highest BCUT2D eigenvalue weighted by atomic mass is 32.2. The van der Waals surface area contributed by atoms with Crippen LogP contribution < -0.4 is 11.0 Å². The minimum Gasteiger partial charge on any atom is -0.355 e. The lowest BCUT2D eigenvalue weighted by Gasteiger charge is -2.12. The Morgan fingerprint density at radius 2 is 2.26 bits per heavy atom. The van der Waals surface area contributed by atoms with Crippen LogP contribution in [0.1, 0.15) is 39.0 Å². The van der Waals surface area contributed by atoms with Crippen molar-refractivity contribution < 1.29 is 4.79 Å². The molecule has 0 spiro atoms. The van der Waals surface area contributed by atoms with Crippen LogP contribution in [0.5, 0.6) is 0 Å². The molecule has 1 aromatic heterocycles. The smallest absolute Gasteiger partial charge is 0.343 e. The van der Waals surface area contributed by atoms with E-state index in [4.69, 9.17) is 0 Å². The van der Waals surface area contributed by atoms with E-state index in [1.807, 2.05) is 0 Å². The fourth-order valence-corrected chi connectivity index (χ4v) is 3.19. The van der Waals surface area contributed by atoms with Gasteiger partial charge in [-0.25, -0.2) is 9.89 Å². The molecule has 2 heterocycles. The number of amides is 1. The number of aromatic amines is 1. The van der Waals surface area contributed by atoms with Crippen LogP contribution in [-0.4, -0.2) is 32.5 Å². The zero-order valence-corrected chi connectivity index (χ0v) is 12.0. The molecule has 2 rings (SSSR count). The van der Waals surface area contributed by atoms with E-state index >= 15 is 0 Å². The van der Waals surface area contributed by atoms with Crippen molar-refractivity contribution in [2.45, 2.75) is 56.0 Å². The second-order valence-electron chi connectivity index (χ2n) is 4.71. The maximum Gasteiger partial charge on any atom is 0.343 e. The van der Waals surface area contributed by atoms with Crippen molar-refractivity contribution in [3.8, 4) is 0 Å². The van der Waals surface area contributed by atoms with E-state index in [-0.39, 0.29) is 16.8 Å². The van der Waals surface area contributed by atoms with Crippen molar-refractivity contribution in [2.75, 3.05) is 6.54 Å². The number of hydrogen-bond donors (Lipinski definition) is 2. The first-order valence-electron chi connectivity index (χ1n) is 6.82. The van der Waals surface area contributed by atoms with Crippen LogP contribution in [0, 0.1) is 0 Å². The van der Waals surface area contributed by atoms with Gasteiger partial charge in [-0.1, -0.05) is 31.5 Å². The molecule has 0 aromatic carbocycles. The molecule has 0 bridgehead atoms. The quantitative estimate of drug-likeness (QED) is 0.849. The van der Waals surface area contributed by atoms with Crippen molar-refractivity contribution in [1.29, 1.82) is 0 Å². The molecule has 106 valence electrons. The standard InChI is InChI=1S/C12H20N4O2S/c1-2-3-8-16-11(18)14-15-12(16)19-9-6-4-5-7-13-10(9)17/h9H,2-8H2,1H3,(H,13,17)(H,14,18)/t9-/m0/s1. The topological polar surface area (TPSA) is 79.8 Å². The number of rotatable bonds is 5. The maximum absolute atomic E-state index is 11.9. The summed E-state index contributed by atoms with van der Waals surface area (Å²) in [5, 5.41) is 9.89. The van der Waals surface area contributed by atoms with Gasteiger partial charge < -0.3 is 5.32 Å². The summed E-state index contributed by atoms with van der Waals surface area (Å²) in [5.41, 5.74) is -0.190. The lowest BCUT2D eigenvalue weighted by atomic mass is 10.2. The minimum absolute atomic E-state index is 0.0555. The Balaban J connectivity index is 2.09. The molecular weight excluding hydrogens is 264 g/mol. The second kappa shape index (κ2) is 6.79. The lowest BCUT2D eigenvalue weighted by Crippen LogP contribution is -2.31. The van der Waals surface area contributed by atoms with Crippen molar-refractivity contribution in [3.05, 3.63) is 10.5 Å². The predicted molar refractivity (Wildman–Crippen MR) is 74.3 cm³/mol. The third-order valence-corrected chi connectivity index (χ3v) is 4.45. The van der Waals surface area contributed by atoms with E-state index < -0.39 is 0 Å². The molecule has 1 amide bonds. The minimum atomic E-state index is -0.190. The molecule has 1 aliphatic heterocycles. The van der Waals surface area contributed by atoms with Crippen LogP contribution in [0.2, 0.25) is 0 Å². The Morgan fingerprint density at radius 1 is 1.42 bits per heavy atom. The van der Waals surface area contributed by atoms with Gasteiger partial charge in [0.1, 0.15) is 0 Å². The zero-order chi connectivity index (χ0) is 13.7. The van der Waals surface area contributed by atoms with E-state index in [0.717, 1.165) is 38.6 Å². The third kappa shape index (κ3) is 3.62. The van der Waals surface area contributed by atoms with Gasteiger partial charge in [-0.3, -0.25) is 9.36 Å². The molecule has 0 radical (unpaired) electrons. The Kier molecular flexibility index (Phi) is 5.07. The van der Waals surface area contributed by atoms with E-state index in [2.05, 4.69) is 22.4 Å². The first-order chi connectivity index (χ1) is 9.22. The van der Waals surface area contributed by atoms with Gasteiger partial charge in [-0.15, -0.1) is 5.10 Å². The first kappa shape index (κ1) is 14.2. The molecule has 0 saturated carbocycles. The fraction of sp³-hybridized carbons (Fsp3) is 0.750. The highest BCUT2D eigenvalue weighted by Gasteiger charge is 2.24. The van der Waals surface area contributed by atoms with Crippen LogP contribution >= 0.6 is 11.8 Å². The van der Waals surface area contributed by atoms with Gasteiger partial charge in [0.25, 0.3) is 0 Å². The number of carbonyl (C=O) groups is 1. The number of hydrogen-bond acceptors (Lipinski definition) is 4. The molecule has 2 N–H and O–H groups in total. The third-order valence-electron chi connectivity index (χ3n) is 3.19. The Hall–Kier alpha value is -1.24. The molecule has 0 unspecified atom stereocenters. The van der Waals surface area contributed by atoms with Crippen LogP contribution in [0.3, 0.4) is 0 Å². The number of aromatic nitrogens is 3. The predicted octanol–water partition coefficient (Wildman–Crippen LogP) is 1.13. The summed E-state index contributed by atoms with van der Waals surface area (Å²) in [7, 11) is 0. The monoisotopic (exact) mass is 284 g/mol. The molecular formula is C12H20N4O2S. The van der Waals surface area contributed by atoms with Gasteiger partial charge in [-0.2, -0.15) is 0 Å². The normalized spacial score (nSPS) is 20.1. The summed E-state index contributed by atoms with van der Waals surface area (Å²) in [6, 6.07) is 0. The van der Waals surface area contributed by atoms with Gasteiger partial charge >= 0.3 is 5.69 Å². The van der Waals surface area contributed by atoms with Crippen LogP contribution in [0.4, 0.5) is 0 Å². The highest BCUT2D eigenvalue weighted by Crippen LogP contribution is 2.25. The van der Waals surface area contributed by atoms with E-state index in [0.29, 0.717) is 11.7 Å². The second-order valence-corrected chi connectivity index (χ2v) is 5.88. The largest absolute Gasteiger partial charge is 0.355 e. The number of H-pyrrole nitrogens is 1. The van der Waals surface area contributed by atoms with E-state index in [9.17, 15) is 9.59 Å². The molecule has 0 aliphatic carbocycles. The number of thioether (sulfide) groups is 1. The van der Waals surface area contributed by atoms with Crippen molar-refractivity contribution in [2.24, 2.45) is 0 Å². The summed E-state index contributed by atoms with van der Waals surface area (Å²) in [4.78, 5) is 23.6. The van der Waals surface area contributed by atoms with E-state index in [1.54, 1.807) is 4.57 Å². The average molecular weight is 284 g/mol. The number of nitrogens with zero attached hydrogens (tertiary/aromatic N) is 2. The SMILES string of the molecule is CCCCn1c(S[C@H]2CCCCNC2=O)n[nH]c1=O.